The molecule has 1 aromatic carbocycles. The molecule has 19 heavy (non-hydrogen) atoms. The molecule has 4 heteroatoms. The molecule has 0 aliphatic rings. The van der Waals surface area contributed by atoms with Crippen molar-refractivity contribution in [1.29, 1.82) is 0 Å². The number of carboxylic acid groups (broad SMARTS) is 1. The lowest BCUT2D eigenvalue weighted by Gasteiger charge is -2.18. The molecule has 2 atom stereocenters. The van der Waals surface area contributed by atoms with Crippen molar-refractivity contribution in [3.63, 3.8) is 0 Å². The number of carbonyl (C=O) groups is 1. The summed E-state index contributed by atoms with van der Waals surface area (Å²) in [5.41, 5.74) is 6.92. The van der Waals surface area contributed by atoms with Crippen LogP contribution in [0.25, 0.3) is 0 Å². The number of methoxy groups -OCH3 is 1. The topological polar surface area (TPSA) is 72.5 Å². The Labute approximate surface area is 114 Å². The molecule has 0 aliphatic carbocycles. The molecule has 0 spiro atoms. The first-order chi connectivity index (χ1) is 9.12. The molecule has 0 radical (unpaired) electrons. The monoisotopic (exact) mass is 265 g/mol. The van der Waals surface area contributed by atoms with Gasteiger partial charge in [-0.25, -0.2) is 0 Å². The Hall–Kier alpha value is -1.55. The summed E-state index contributed by atoms with van der Waals surface area (Å²) in [5, 5.41) is 9.06. The van der Waals surface area contributed by atoms with E-state index in [9.17, 15) is 4.79 Å². The number of rotatable bonds is 8. The standard InChI is InChI=1S/C15H23NO3/c1-3-11(15(17)18)7-8-13(10-16)12-5-4-6-14(9-12)19-2/h4-6,9,11,13H,3,7-8,10,16H2,1-2H3,(H,17,18). The third kappa shape index (κ3) is 4.56. The predicted molar refractivity (Wildman–Crippen MR) is 75.4 cm³/mol. The van der Waals surface area contributed by atoms with Gasteiger partial charge in [-0.1, -0.05) is 19.1 Å². The summed E-state index contributed by atoms with van der Waals surface area (Å²) in [4.78, 5) is 11.0. The fourth-order valence-corrected chi connectivity index (χ4v) is 2.22. The van der Waals surface area contributed by atoms with Gasteiger partial charge >= 0.3 is 5.97 Å². The van der Waals surface area contributed by atoms with Crippen LogP contribution in [0.1, 0.15) is 37.7 Å². The lowest BCUT2D eigenvalue weighted by atomic mass is 9.89. The molecule has 1 aromatic rings. The molecule has 4 nitrogen and oxygen atoms in total. The Kier molecular flexibility index (Phi) is 6.36. The third-order valence-corrected chi connectivity index (χ3v) is 3.56. The fraction of sp³-hybridized carbons (Fsp3) is 0.533. The smallest absolute Gasteiger partial charge is 0.306 e. The molecule has 0 heterocycles. The number of ether oxygens (including phenoxy) is 1. The highest BCUT2D eigenvalue weighted by Crippen LogP contribution is 2.26. The normalized spacial score (nSPS) is 13.8. The Morgan fingerprint density at radius 3 is 2.68 bits per heavy atom. The number of benzene rings is 1. The molecule has 0 saturated heterocycles. The predicted octanol–water partition coefficient (Wildman–Crippen LogP) is 2.63. The van der Waals surface area contributed by atoms with Crippen LogP contribution in [-0.4, -0.2) is 24.7 Å². The Balaban J connectivity index is 2.69. The molecule has 0 bridgehead atoms. The van der Waals surface area contributed by atoms with Crippen LogP contribution in [0, 0.1) is 5.92 Å². The average Bonchev–Trinajstić information content (AvgIpc) is 2.43. The molecule has 2 unspecified atom stereocenters. The highest BCUT2D eigenvalue weighted by Gasteiger charge is 2.18. The Morgan fingerprint density at radius 2 is 2.16 bits per heavy atom. The summed E-state index contributed by atoms with van der Waals surface area (Å²) in [6, 6.07) is 7.81. The summed E-state index contributed by atoms with van der Waals surface area (Å²) in [5.74, 6) is -0.00621. The van der Waals surface area contributed by atoms with Gasteiger partial charge in [0.15, 0.2) is 0 Å². The van der Waals surface area contributed by atoms with Gasteiger partial charge in [0, 0.05) is 0 Å². The first-order valence-electron chi connectivity index (χ1n) is 6.69. The molecular weight excluding hydrogens is 242 g/mol. The van der Waals surface area contributed by atoms with Crippen LogP contribution < -0.4 is 10.5 Å². The van der Waals surface area contributed by atoms with E-state index in [1.165, 1.54) is 0 Å². The second-order valence-electron chi connectivity index (χ2n) is 4.73. The highest BCUT2D eigenvalue weighted by molar-refractivity contribution is 5.69. The number of hydrogen-bond donors (Lipinski definition) is 2. The van der Waals surface area contributed by atoms with Gasteiger partial charge in [-0.05, 0) is 49.4 Å². The molecular formula is C15H23NO3. The maximum atomic E-state index is 11.0. The van der Waals surface area contributed by atoms with Crippen LogP contribution in [0.5, 0.6) is 5.75 Å². The zero-order chi connectivity index (χ0) is 14.3. The van der Waals surface area contributed by atoms with Crippen LogP contribution in [0.4, 0.5) is 0 Å². The largest absolute Gasteiger partial charge is 0.497 e. The maximum absolute atomic E-state index is 11.0. The van der Waals surface area contributed by atoms with Gasteiger partial charge < -0.3 is 15.6 Å². The highest BCUT2D eigenvalue weighted by atomic mass is 16.5. The summed E-state index contributed by atoms with van der Waals surface area (Å²) in [6.07, 6.45) is 2.10. The van der Waals surface area contributed by atoms with Crippen molar-refractivity contribution >= 4 is 5.97 Å². The van der Waals surface area contributed by atoms with Crippen LogP contribution in [0.2, 0.25) is 0 Å². The minimum atomic E-state index is -0.719. The quantitative estimate of drug-likeness (QED) is 0.758. The van der Waals surface area contributed by atoms with Gasteiger partial charge in [0.05, 0.1) is 13.0 Å². The van der Waals surface area contributed by atoms with E-state index in [1.54, 1.807) is 7.11 Å². The van der Waals surface area contributed by atoms with E-state index < -0.39 is 5.97 Å². The molecule has 0 saturated carbocycles. The van der Waals surface area contributed by atoms with Gasteiger partial charge in [0.1, 0.15) is 5.75 Å². The van der Waals surface area contributed by atoms with Gasteiger partial charge in [-0.3, -0.25) is 4.79 Å². The SMILES string of the molecule is CCC(CCC(CN)c1cccc(OC)c1)C(=O)O. The average molecular weight is 265 g/mol. The summed E-state index contributed by atoms with van der Waals surface area (Å²) in [7, 11) is 1.63. The second-order valence-corrected chi connectivity index (χ2v) is 4.73. The van der Waals surface area contributed by atoms with Crippen LogP contribution >= 0.6 is 0 Å². The number of aliphatic carboxylic acids is 1. The van der Waals surface area contributed by atoms with Crippen molar-refractivity contribution in [3.8, 4) is 5.75 Å². The molecule has 0 aromatic heterocycles. The van der Waals surface area contributed by atoms with Gasteiger partial charge in [-0.15, -0.1) is 0 Å². The molecule has 3 N–H and O–H groups in total. The maximum Gasteiger partial charge on any atom is 0.306 e. The van der Waals surface area contributed by atoms with Crippen molar-refractivity contribution in [1.82, 2.24) is 0 Å². The van der Waals surface area contributed by atoms with Gasteiger partial charge in [0.2, 0.25) is 0 Å². The molecule has 0 aliphatic heterocycles. The number of hydrogen-bond acceptors (Lipinski definition) is 3. The number of nitrogens with two attached hydrogens (primary N) is 1. The summed E-state index contributed by atoms with van der Waals surface area (Å²) >= 11 is 0. The first kappa shape index (κ1) is 15.5. The van der Waals surface area contributed by atoms with Crippen LogP contribution in [-0.2, 0) is 4.79 Å². The summed E-state index contributed by atoms with van der Waals surface area (Å²) in [6.45, 7) is 2.42. The minimum absolute atomic E-state index is 0.184. The minimum Gasteiger partial charge on any atom is -0.497 e. The van der Waals surface area contributed by atoms with E-state index >= 15 is 0 Å². The van der Waals surface area contributed by atoms with E-state index in [1.807, 2.05) is 31.2 Å². The molecule has 0 amide bonds. The third-order valence-electron chi connectivity index (χ3n) is 3.56. The zero-order valence-electron chi connectivity index (χ0n) is 11.6. The Bertz CT molecular complexity index is 406. The Morgan fingerprint density at radius 1 is 1.42 bits per heavy atom. The van der Waals surface area contributed by atoms with E-state index in [2.05, 4.69) is 0 Å². The summed E-state index contributed by atoms with van der Waals surface area (Å²) < 4.78 is 5.20. The van der Waals surface area contributed by atoms with Crippen molar-refractivity contribution < 1.29 is 14.6 Å². The van der Waals surface area contributed by atoms with Crippen molar-refractivity contribution in [2.75, 3.05) is 13.7 Å². The fourth-order valence-electron chi connectivity index (χ4n) is 2.22. The molecule has 106 valence electrons. The van der Waals surface area contributed by atoms with Crippen molar-refractivity contribution in [2.24, 2.45) is 11.7 Å². The van der Waals surface area contributed by atoms with E-state index in [-0.39, 0.29) is 11.8 Å². The molecule has 0 fully saturated rings. The zero-order valence-corrected chi connectivity index (χ0v) is 11.6. The van der Waals surface area contributed by atoms with E-state index in [0.29, 0.717) is 19.4 Å². The van der Waals surface area contributed by atoms with E-state index in [0.717, 1.165) is 17.7 Å². The van der Waals surface area contributed by atoms with Gasteiger partial charge in [0.25, 0.3) is 0 Å². The second kappa shape index (κ2) is 7.79. The lowest BCUT2D eigenvalue weighted by molar-refractivity contribution is -0.142. The lowest BCUT2D eigenvalue weighted by Crippen LogP contribution is -2.17. The van der Waals surface area contributed by atoms with Crippen LogP contribution in [0.15, 0.2) is 24.3 Å². The van der Waals surface area contributed by atoms with Crippen molar-refractivity contribution in [3.05, 3.63) is 29.8 Å². The molecule has 1 rings (SSSR count). The number of carboxylic acids is 1. The van der Waals surface area contributed by atoms with Gasteiger partial charge in [-0.2, -0.15) is 0 Å². The van der Waals surface area contributed by atoms with E-state index in [4.69, 9.17) is 15.6 Å². The van der Waals surface area contributed by atoms with Crippen molar-refractivity contribution in [2.45, 2.75) is 32.1 Å². The van der Waals surface area contributed by atoms with Crippen LogP contribution in [0.3, 0.4) is 0 Å². The first-order valence-corrected chi connectivity index (χ1v) is 6.69.